The van der Waals surface area contributed by atoms with Gasteiger partial charge in [-0.3, -0.25) is 0 Å². The lowest BCUT2D eigenvalue weighted by molar-refractivity contribution is 0.170. The van der Waals surface area contributed by atoms with Crippen LogP contribution in [-0.2, 0) is 14.5 Å². The lowest BCUT2D eigenvalue weighted by atomic mass is 9.73. The predicted molar refractivity (Wildman–Crippen MR) is 129 cm³/mol. The van der Waals surface area contributed by atoms with Crippen molar-refractivity contribution in [1.29, 1.82) is 0 Å². The van der Waals surface area contributed by atoms with Gasteiger partial charge in [-0.15, -0.1) is 0 Å². The monoisotopic (exact) mass is 452 g/mol. The zero-order chi connectivity index (χ0) is 22.9. The third-order valence-electron chi connectivity index (χ3n) is 6.32. The van der Waals surface area contributed by atoms with E-state index in [1.165, 1.54) is 0 Å². The van der Waals surface area contributed by atoms with Crippen LogP contribution in [0.15, 0.2) is 65.7 Å². The van der Waals surface area contributed by atoms with E-state index in [1.807, 2.05) is 56.3 Å². The van der Waals surface area contributed by atoms with E-state index in [2.05, 4.69) is 0 Å². The van der Waals surface area contributed by atoms with Crippen molar-refractivity contribution in [2.75, 3.05) is 5.75 Å². The summed E-state index contributed by atoms with van der Waals surface area (Å²) in [5.41, 5.74) is 4.79. The van der Waals surface area contributed by atoms with Crippen LogP contribution < -0.4 is 0 Å². The molecule has 7 heteroatoms. The molecule has 2 N–H and O–H groups in total. The highest BCUT2D eigenvalue weighted by molar-refractivity contribution is 7.92. The number of phenols is 1. The molecule has 0 aromatic heterocycles. The number of hydrogen-bond acceptors (Lipinski definition) is 5. The van der Waals surface area contributed by atoms with E-state index in [0.29, 0.717) is 12.8 Å². The summed E-state index contributed by atoms with van der Waals surface area (Å²) in [7, 11) is -4.39. The zero-order valence-electron chi connectivity index (χ0n) is 18.4. The molecule has 0 radical (unpaired) electrons. The zero-order valence-corrected chi connectivity index (χ0v) is 19.3. The maximum Gasteiger partial charge on any atom is 0.456 e. The molecule has 2 aromatic carbocycles. The molecular formula is C25H29BO5S. The van der Waals surface area contributed by atoms with Crippen molar-refractivity contribution >= 4 is 28.6 Å². The predicted octanol–water partition coefficient (Wildman–Crippen LogP) is 4.34. The molecule has 2 aromatic rings. The number of aromatic hydroxyl groups is 1. The Morgan fingerprint density at radius 2 is 1.94 bits per heavy atom. The van der Waals surface area contributed by atoms with Gasteiger partial charge in [0.05, 0.1) is 17.1 Å². The highest BCUT2D eigenvalue weighted by Crippen LogP contribution is 2.42. The summed E-state index contributed by atoms with van der Waals surface area (Å²) in [6, 6.07) is 17.1. The topological polar surface area (TPSA) is 83.8 Å². The van der Waals surface area contributed by atoms with Gasteiger partial charge in [0.25, 0.3) is 0 Å². The smallest absolute Gasteiger partial charge is 0.456 e. The van der Waals surface area contributed by atoms with Crippen molar-refractivity contribution in [3.63, 3.8) is 0 Å². The number of hydrogen-bond donors (Lipinski definition) is 2. The first kappa shape index (κ1) is 22.8. The SMILES string of the molecule is CC(C)C1=C2[C@@H](CC/C(=C/c3cccc(O)c3)c3ccccc3)OB(O)C[C@@H]2S(=O)(=O)C1. The lowest BCUT2D eigenvalue weighted by Crippen LogP contribution is -2.42. The quantitative estimate of drug-likeness (QED) is 0.387. The van der Waals surface area contributed by atoms with Crippen LogP contribution in [0.3, 0.4) is 0 Å². The fourth-order valence-electron chi connectivity index (χ4n) is 4.77. The van der Waals surface area contributed by atoms with Crippen LogP contribution in [0.4, 0.5) is 0 Å². The Bertz CT molecular complexity index is 1140. The summed E-state index contributed by atoms with van der Waals surface area (Å²) in [5, 5.41) is 19.5. The van der Waals surface area contributed by atoms with E-state index in [1.54, 1.807) is 18.2 Å². The van der Waals surface area contributed by atoms with E-state index in [-0.39, 0.29) is 23.7 Å². The summed E-state index contributed by atoms with van der Waals surface area (Å²) in [4.78, 5) is 0. The van der Waals surface area contributed by atoms with Crippen molar-refractivity contribution < 1.29 is 23.2 Å². The maximum atomic E-state index is 12.8. The van der Waals surface area contributed by atoms with Gasteiger partial charge in [0.1, 0.15) is 5.75 Å². The molecule has 2 atom stereocenters. The van der Waals surface area contributed by atoms with Crippen molar-refractivity contribution in [1.82, 2.24) is 0 Å². The largest absolute Gasteiger partial charge is 0.508 e. The van der Waals surface area contributed by atoms with Gasteiger partial charge in [-0.2, -0.15) is 0 Å². The fourth-order valence-corrected chi connectivity index (χ4v) is 7.05. The summed E-state index contributed by atoms with van der Waals surface area (Å²) in [6.45, 7) is 4.03. The van der Waals surface area contributed by atoms with E-state index >= 15 is 0 Å². The molecule has 0 amide bonds. The van der Waals surface area contributed by atoms with Crippen LogP contribution in [0, 0.1) is 5.92 Å². The van der Waals surface area contributed by atoms with Gasteiger partial charge in [-0.1, -0.05) is 62.4 Å². The number of sulfone groups is 1. The van der Waals surface area contributed by atoms with Gasteiger partial charge in [0.2, 0.25) is 0 Å². The van der Waals surface area contributed by atoms with Crippen LogP contribution in [-0.4, -0.2) is 42.8 Å². The number of rotatable bonds is 6. The van der Waals surface area contributed by atoms with E-state index < -0.39 is 28.3 Å². The van der Waals surface area contributed by atoms with Crippen molar-refractivity contribution in [3.8, 4) is 5.75 Å². The third kappa shape index (κ3) is 4.85. The van der Waals surface area contributed by atoms with E-state index in [4.69, 9.17) is 4.65 Å². The van der Waals surface area contributed by atoms with Gasteiger partial charge in [-0.05, 0) is 58.7 Å². The van der Waals surface area contributed by atoms with Gasteiger partial charge in [-0.25, -0.2) is 8.42 Å². The van der Waals surface area contributed by atoms with Gasteiger partial charge in [0, 0.05) is 6.32 Å². The van der Waals surface area contributed by atoms with Crippen LogP contribution in [0.2, 0.25) is 6.32 Å². The first-order valence-corrected chi connectivity index (χ1v) is 12.8. The molecule has 32 heavy (non-hydrogen) atoms. The van der Waals surface area contributed by atoms with Crippen LogP contribution >= 0.6 is 0 Å². The molecule has 0 spiro atoms. The Kier molecular flexibility index (Phi) is 6.61. The summed E-state index contributed by atoms with van der Waals surface area (Å²) >= 11 is 0. The molecule has 1 fully saturated rings. The molecule has 1 saturated heterocycles. The molecule has 0 bridgehead atoms. The van der Waals surface area contributed by atoms with Crippen LogP contribution in [0.1, 0.15) is 37.8 Å². The second-order valence-corrected chi connectivity index (χ2v) is 11.1. The van der Waals surface area contributed by atoms with Crippen molar-refractivity contribution in [3.05, 3.63) is 76.9 Å². The van der Waals surface area contributed by atoms with Gasteiger partial charge < -0.3 is 14.8 Å². The molecule has 0 aliphatic carbocycles. The van der Waals surface area contributed by atoms with Crippen LogP contribution in [0.5, 0.6) is 5.75 Å². The van der Waals surface area contributed by atoms with Gasteiger partial charge in [0.15, 0.2) is 9.84 Å². The third-order valence-corrected chi connectivity index (χ3v) is 8.35. The van der Waals surface area contributed by atoms with Crippen molar-refractivity contribution in [2.24, 2.45) is 5.92 Å². The van der Waals surface area contributed by atoms with Crippen molar-refractivity contribution in [2.45, 2.75) is 44.4 Å². The second-order valence-electron chi connectivity index (χ2n) is 8.92. The average Bonchev–Trinajstić information content (AvgIpc) is 3.03. The minimum atomic E-state index is -3.31. The molecule has 4 rings (SSSR count). The molecule has 2 heterocycles. The Morgan fingerprint density at radius 1 is 1.19 bits per heavy atom. The minimum Gasteiger partial charge on any atom is -0.508 e. The second kappa shape index (κ2) is 9.26. The van der Waals surface area contributed by atoms with Crippen LogP contribution in [0.25, 0.3) is 11.6 Å². The highest BCUT2D eigenvalue weighted by Gasteiger charge is 2.48. The highest BCUT2D eigenvalue weighted by atomic mass is 32.2. The van der Waals surface area contributed by atoms with Gasteiger partial charge >= 0.3 is 7.12 Å². The normalized spacial score (nSPS) is 23.0. The Labute approximate surface area is 190 Å². The molecule has 2 aliphatic heterocycles. The Morgan fingerprint density at radius 3 is 2.62 bits per heavy atom. The lowest BCUT2D eigenvalue weighted by Gasteiger charge is -2.32. The van der Waals surface area contributed by atoms with E-state index in [0.717, 1.165) is 27.8 Å². The van der Waals surface area contributed by atoms with E-state index in [9.17, 15) is 18.5 Å². The molecule has 5 nitrogen and oxygen atoms in total. The summed E-state index contributed by atoms with van der Waals surface area (Å²) in [5.74, 6) is 0.375. The number of benzene rings is 2. The summed E-state index contributed by atoms with van der Waals surface area (Å²) < 4.78 is 31.5. The summed E-state index contributed by atoms with van der Waals surface area (Å²) in [6.07, 6.45) is 2.91. The maximum absolute atomic E-state index is 12.8. The standard InChI is InChI=1S/C25H29BO5S/c1-17(2)22-16-32(29,30)24-15-26(28)31-23(25(22)24)12-11-20(19-8-4-3-5-9-19)13-18-7-6-10-21(27)14-18/h3-10,13-14,17,23-24,27-28H,11-12,15-16H2,1-2H3/b20-13-/t23-,24+/m1/s1. The number of fused-ring (bicyclic) bond motifs is 1. The number of phenolic OH excluding ortho intramolecular Hbond substituents is 1. The minimum absolute atomic E-state index is 0.0575. The average molecular weight is 452 g/mol. The first-order valence-electron chi connectivity index (χ1n) is 11.1. The molecular weight excluding hydrogens is 423 g/mol. The number of allylic oxidation sites excluding steroid dienone is 1. The fraction of sp³-hybridized carbons (Fsp3) is 0.360. The molecule has 0 unspecified atom stereocenters. The molecule has 2 aliphatic rings. The molecule has 168 valence electrons. The Balaban J connectivity index is 1.66. The molecule has 0 saturated carbocycles. The first-order chi connectivity index (χ1) is 15.2. The Hall–Kier alpha value is -2.35.